The summed E-state index contributed by atoms with van der Waals surface area (Å²) in [7, 11) is -3.55. The summed E-state index contributed by atoms with van der Waals surface area (Å²) in [4.78, 5) is 31.8. The van der Waals surface area contributed by atoms with Gasteiger partial charge in [0.25, 0.3) is 0 Å². The van der Waals surface area contributed by atoms with Gasteiger partial charge in [0.05, 0.1) is 11.5 Å². The normalized spacial score (nSPS) is 14.3. The molecule has 12 heteroatoms. The number of hydrogen-bond donors (Lipinski definition) is 3. The van der Waals surface area contributed by atoms with Crippen LogP contribution in [0.4, 0.5) is 5.69 Å². The Balaban J connectivity index is 0.000000641. The zero-order valence-electron chi connectivity index (χ0n) is 19.5. The predicted octanol–water partition coefficient (Wildman–Crippen LogP) is 1.71. The van der Waals surface area contributed by atoms with Crippen LogP contribution in [-0.4, -0.2) is 78.5 Å². The molecule has 1 amide bonds. The van der Waals surface area contributed by atoms with E-state index in [2.05, 4.69) is 10.2 Å². The zero-order chi connectivity index (χ0) is 26.0. The summed E-state index contributed by atoms with van der Waals surface area (Å²) in [6, 6.07) is 14.2. The number of carboxylic acid groups (broad SMARTS) is 2. The number of ether oxygens (including phenoxy) is 1. The summed E-state index contributed by atoms with van der Waals surface area (Å²) >= 11 is 0. The number of nitrogens with one attached hydrogen (secondary N) is 1. The monoisotopic (exact) mass is 507 g/mol. The molecule has 1 heterocycles. The molecule has 2 aromatic rings. The second-order valence-corrected chi connectivity index (χ2v) is 9.47. The van der Waals surface area contributed by atoms with Crippen LogP contribution < -0.4 is 10.1 Å². The number of amides is 1. The number of nitrogens with zero attached hydrogens (tertiary/aromatic N) is 2. The predicted molar refractivity (Wildman–Crippen MR) is 128 cm³/mol. The largest absolute Gasteiger partial charge is 0.494 e. The summed E-state index contributed by atoms with van der Waals surface area (Å²) in [5.41, 5.74) is 1.69. The number of piperazine rings is 1. The molecule has 35 heavy (non-hydrogen) atoms. The Morgan fingerprint density at radius 3 is 2.03 bits per heavy atom. The lowest BCUT2D eigenvalue weighted by atomic mass is 10.2. The van der Waals surface area contributed by atoms with Crippen molar-refractivity contribution in [3.63, 3.8) is 0 Å². The fourth-order valence-corrected chi connectivity index (χ4v) is 4.78. The topological polar surface area (TPSA) is 154 Å². The highest BCUT2D eigenvalue weighted by Gasteiger charge is 2.28. The maximum atomic E-state index is 12.9. The molecule has 0 saturated carbocycles. The van der Waals surface area contributed by atoms with E-state index in [1.165, 1.54) is 23.4 Å². The van der Waals surface area contributed by atoms with Crippen LogP contribution in [0, 0.1) is 0 Å². The zero-order valence-corrected chi connectivity index (χ0v) is 20.3. The Labute approximate surface area is 204 Å². The second-order valence-electron chi connectivity index (χ2n) is 7.54. The molecular weight excluding hydrogens is 478 g/mol. The van der Waals surface area contributed by atoms with Crippen molar-refractivity contribution in [2.45, 2.75) is 25.3 Å². The standard InChI is InChI=1S/C21H27N3O4S.C2H2O4/c1-3-28-21-7-5-4-6-18(21)16-23-12-14-24(15-13-23)29(26,27)20-10-8-19(9-11-20)22-17(2)25;3-1(4)2(5)6/h4-11H,3,12-16H2,1-2H3,(H,22,25);(H,3,4)(H,5,6). The van der Waals surface area contributed by atoms with Crippen LogP contribution in [0.25, 0.3) is 0 Å². The van der Waals surface area contributed by atoms with Crippen molar-refractivity contribution in [3.8, 4) is 5.75 Å². The lowest BCUT2D eigenvalue weighted by molar-refractivity contribution is -0.159. The molecular formula is C23H29N3O8S. The summed E-state index contributed by atoms with van der Waals surface area (Å²) in [5.74, 6) is -2.96. The van der Waals surface area contributed by atoms with Gasteiger partial charge in [-0.1, -0.05) is 18.2 Å². The first-order valence-electron chi connectivity index (χ1n) is 10.8. The van der Waals surface area contributed by atoms with Crippen molar-refractivity contribution in [2.24, 2.45) is 0 Å². The highest BCUT2D eigenvalue weighted by molar-refractivity contribution is 7.89. The van der Waals surface area contributed by atoms with Crippen LogP contribution in [0.5, 0.6) is 5.75 Å². The van der Waals surface area contributed by atoms with Gasteiger partial charge in [-0.15, -0.1) is 0 Å². The maximum absolute atomic E-state index is 12.9. The minimum atomic E-state index is -3.55. The van der Waals surface area contributed by atoms with E-state index in [4.69, 9.17) is 24.5 Å². The van der Waals surface area contributed by atoms with Crippen LogP contribution in [0.3, 0.4) is 0 Å². The van der Waals surface area contributed by atoms with Crippen molar-refractivity contribution in [1.29, 1.82) is 0 Å². The number of anilines is 1. The average molecular weight is 508 g/mol. The number of hydrogen-bond acceptors (Lipinski definition) is 7. The molecule has 0 bridgehead atoms. The van der Waals surface area contributed by atoms with Crippen LogP contribution in [0.15, 0.2) is 53.4 Å². The van der Waals surface area contributed by atoms with Gasteiger partial charge >= 0.3 is 11.9 Å². The minimum Gasteiger partial charge on any atom is -0.494 e. The highest BCUT2D eigenvalue weighted by atomic mass is 32.2. The summed E-state index contributed by atoms with van der Waals surface area (Å²) in [6.45, 7) is 6.91. The Hall–Kier alpha value is -3.48. The lowest BCUT2D eigenvalue weighted by Crippen LogP contribution is -2.48. The molecule has 2 aromatic carbocycles. The Kier molecular flexibility index (Phi) is 10.2. The van der Waals surface area contributed by atoms with Crippen LogP contribution in [0.1, 0.15) is 19.4 Å². The van der Waals surface area contributed by atoms with Crippen molar-refractivity contribution in [1.82, 2.24) is 9.21 Å². The first kappa shape index (κ1) is 27.8. The molecule has 1 aliphatic heterocycles. The van der Waals surface area contributed by atoms with Gasteiger partial charge in [0.15, 0.2) is 0 Å². The van der Waals surface area contributed by atoms with E-state index in [0.29, 0.717) is 38.5 Å². The van der Waals surface area contributed by atoms with Gasteiger partial charge in [0.1, 0.15) is 5.75 Å². The third-order valence-corrected chi connectivity index (χ3v) is 6.91. The third kappa shape index (κ3) is 8.35. The fraction of sp³-hybridized carbons (Fsp3) is 0.348. The second kappa shape index (κ2) is 12.8. The number of carbonyl (C=O) groups excluding carboxylic acids is 1. The molecule has 0 aromatic heterocycles. The highest BCUT2D eigenvalue weighted by Crippen LogP contribution is 2.23. The van der Waals surface area contributed by atoms with Crippen molar-refractivity contribution < 1.29 is 37.8 Å². The molecule has 1 saturated heterocycles. The van der Waals surface area contributed by atoms with Gasteiger partial charge in [-0.05, 0) is 37.3 Å². The van der Waals surface area contributed by atoms with Crippen molar-refractivity contribution in [3.05, 3.63) is 54.1 Å². The Morgan fingerprint density at radius 1 is 0.943 bits per heavy atom. The van der Waals surface area contributed by atoms with E-state index in [1.54, 1.807) is 12.1 Å². The van der Waals surface area contributed by atoms with E-state index in [1.807, 2.05) is 31.2 Å². The Bertz CT molecular complexity index is 1120. The fourth-order valence-electron chi connectivity index (χ4n) is 3.36. The molecule has 3 N–H and O–H groups in total. The molecule has 190 valence electrons. The van der Waals surface area contributed by atoms with Crippen molar-refractivity contribution >= 4 is 33.6 Å². The quantitative estimate of drug-likeness (QED) is 0.475. The number of aliphatic carboxylic acids is 2. The molecule has 0 radical (unpaired) electrons. The molecule has 1 fully saturated rings. The molecule has 1 aliphatic rings. The molecule has 0 spiro atoms. The van der Waals surface area contributed by atoms with Crippen LogP contribution >= 0.6 is 0 Å². The number of carboxylic acids is 2. The van der Waals surface area contributed by atoms with Crippen LogP contribution in [-0.2, 0) is 31.0 Å². The van der Waals surface area contributed by atoms with Gasteiger partial charge < -0.3 is 20.3 Å². The number of benzene rings is 2. The summed E-state index contributed by atoms with van der Waals surface area (Å²) < 4.78 is 33.1. The van der Waals surface area contributed by atoms with E-state index in [9.17, 15) is 13.2 Å². The van der Waals surface area contributed by atoms with Crippen LogP contribution in [0.2, 0.25) is 0 Å². The third-order valence-electron chi connectivity index (χ3n) is 4.99. The molecule has 11 nitrogen and oxygen atoms in total. The average Bonchev–Trinajstić information content (AvgIpc) is 2.81. The lowest BCUT2D eigenvalue weighted by Gasteiger charge is -2.34. The Morgan fingerprint density at radius 2 is 1.51 bits per heavy atom. The van der Waals surface area contributed by atoms with E-state index in [-0.39, 0.29) is 10.8 Å². The summed E-state index contributed by atoms with van der Waals surface area (Å²) in [6.07, 6.45) is 0. The smallest absolute Gasteiger partial charge is 0.414 e. The van der Waals surface area contributed by atoms with Gasteiger partial charge in [-0.3, -0.25) is 9.69 Å². The molecule has 0 aliphatic carbocycles. The minimum absolute atomic E-state index is 0.192. The first-order valence-corrected chi connectivity index (χ1v) is 12.3. The van der Waals surface area contributed by atoms with Gasteiger partial charge in [0.2, 0.25) is 15.9 Å². The maximum Gasteiger partial charge on any atom is 0.414 e. The summed E-state index contributed by atoms with van der Waals surface area (Å²) in [5, 5.41) is 17.4. The number of para-hydroxylation sites is 1. The molecule has 0 atom stereocenters. The van der Waals surface area contributed by atoms with Crippen molar-refractivity contribution in [2.75, 3.05) is 38.1 Å². The SMILES string of the molecule is CCOc1ccccc1CN1CCN(S(=O)(=O)c2ccc(NC(C)=O)cc2)CC1.O=C(O)C(=O)O. The molecule has 0 unspecified atom stereocenters. The van der Waals surface area contributed by atoms with Gasteiger partial charge in [-0.25, -0.2) is 18.0 Å². The first-order chi connectivity index (χ1) is 16.5. The molecule has 3 rings (SSSR count). The number of carbonyl (C=O) groups is 3. The number of sulfonamides is 1. The van der Waals surface area contributed by atoms with E-state index >= 15 is 0 Å². The number of rotatable bonds is 7. The van der Waals surface area contributed by atoms with E-state index < -0.39 is 22.0 Å². The van der Waals surface area contributed by atoms with E-state index in [0.717, 1.165) is 17.9 Å². The van der Waals surface area contributed by atoms with Gasteiger partial charge in [0, 0.05) is 50.9 Å². The van der Waals surface area contributed by atoms with Gasteiger partial charge in [-0.2, -0.15) is 4.31 Å².